The predicted molar refractivity (Wildman–Crippen MR) is 122 cm³/mol. The van der Waals surface area contributed by atoms with Gasteiger partial charge in [-0.3, -0.25) is 4.98 Å². The molecule has 1 aliphatic heterocycles. The van der Waals surface area contributed by atoms with E-state index in [-0.39, 0.29) is 0 Å². The third-order valence-electron chi connectivity index (χ3n) is 6.31. The molecule has 5 rings (SSSR count). The van der Waals surface area contributed by atoms with Gasteiger partial charge in [-0.05, 0) is 84.7 Å². The number of hydrogen-bond acceptors (Lipinski definition) is 2. The average molecular weight is 381 g/mol. The fourth-order valence-electron chi connectivity index (χ4n) is 4.70. The molecule has 2 nitrogen and oxygen atoms in total. The molecule has 29 heavy (non-hydrogen) atoms. The Balaban J connectivity index is 1.22. The third-order valence-corrected chi connectivity index (χ3v) is 6.31. The van der Waals surface area contributed by atoms with Crippen molar-refractivity contribution < 1.29 is 0 Å². The van der Waals surface area contributed by atoms with Crippen molar-refractivity contribution in [3.05, 3.63) is 95.9 Å². The SMILES string of the molecule is C1=CCC(C2=CCN(CC3CCC=C(c4cnc5ccccc5c4)C3)C=C2)=CC1. The summed E-state index contributed by atoms with van der Waals surface area (Å²) in [5, 5.41) is 1.23. The summed E-state index contributed by atoms with van der Waals surface area (Å²) in [5.41, 5.74) is 6.74. The Morgan fingerprint density at radius 1 is 1.03 bits per heavy atom. The third kappa shape index (κ3) is 4.12. The van der Waals surface area contributed by atoms with Crippen molar-refractivity contribution in [1.82, 2.24) is 9.88 Å². The van der Waals surface area contributed by atoms with E-state index in [1.165, 1.54) is 40.5 Å². The summed E-state index contributed by atoms with van der Waals surface area (Å²) in [7, 11) is 0. The van der Waals surface area contributed by atoms with E-state index in [4.69, 9.17) is 0 Å². The van der Waals surface area contributed by atoms with E-state index < -0.39 is 0 Å². The molecule has 0 N–H and O–H groups in total. The van der Waals surface area contributed by atoms with Crippen LogP contribution >= 0.6 is 0 Å². The van der Waals surface area contributed by atoms with Crippen molar-refractivity contribution in [2.24, 2.45) is 5.92 Å². The van der Waals surface area contributed by atoms with Crippen LogP contribution in [-0.4, -0.2) is 23.0 Å². The molecule has 3 aliphatic rings. The largest absolute Gasteiger partial charge is 0.373 e. The van der Waals surface area contributed by atoms with Crippen molar-refractivity contribution in [2.75, 3.05) is 13.1 Å². The molecule has 0 fully saturated rings. The normalized spacial score (nSPS) is 21.7. The van der Waals surface area contributed by atoms with Crippen LogP contribution in [0.15, 0.2) is 90.3 Å². The lowest BCUT2D eigenvalue weighted by Gasteiger charge is -2.30. The molecular formula is C27H28N2. The average Bonchev–Trinajstić information content (AvgIpc) is 2.80. The number of rotatable bonds is 4. The summed E-state index contributed by atoms with van der Waals surface area (Å²) in [6, 6.07) is 10.7. The first-order valence-electron chi connectivity index (χ1n) is 10.9. The van der Waals surface area contributed by atoms with Crippen LogP contribution < -0.4 is 0 Å². The van der Waals surface area contributed by atoms with Gasteiger partial charge in [0.05, 0.1) is 5.52 Å². The van der Waals surface area contributed by atoms with Crippen molar-refractivity contribution in [2.45, 2.75) is 32.1 Å². The number of aromatic nitrogens is 1. The quantitative estimate of drug-likeness (QED) is 0.567. The zero-order valence-electron chi connectivity index (χ0n) is 16.9. The maximum Gasteiger partial charge on any atom is 0.0702 e. The zero-order chi connectivity index (χ0) is 19.5. The highest BCUT2D eigenvalue weighted by Gasteiger charge is 2.20. The van der Waals surface area contributed by atoms with Gasteiger partial charge in [0.25, 0.3) is 0 Å². The Morgan fingerprint density at radius 3 is 2.86 bits per heavy atom. The fourth-order valence-corrected chi connectivity index (χ4v) is 4.70. The van der Waals surface area contributed by atoms with Gasteiger partial charge in [-0.2, -0.15) is 0 Å². The topological polar surface area (TPSA) is 16.1 Å². The minimum Gasteiger partial charge on any atom is -0.373 e. The second-order valence-electron chi connectivity index (χ2n) is 8.36. The molecular weight excluding hydrogens is 352 g/mol. The number of allylic oxidation sites excluding steroid dienone is 8. The molecule has 2 aliphatic carbocycles. The molecule has 0 radical (unpaired) electrons. The van der Waals surface area contributed by atoms with Crippen molar-refractivity contribution >= 4 is 16.5 Å². The Kier molecular flexibility index (Phi) is 5.17. The van der Waals surface area contributed by atoms with E-state index in [0.29, 0.717) is 5.92 Å². The number of hydrogen-bond donors (Lipinski definition) is 0. The second-order valence-corrected chi connectivity index (χ2v) is 8.36. The highest BCUT2D eigenvalue weighted by Crippen LogP contribution is 2.33. The van der Waals surface area contributed by atoms with Gasteiger partial charge in [0.2, 0.25) is 0 Å². The zero-order valence-corrected chi connectivity index (χ0v) is 16.9. The van der Waals surface area contributed by atoms with Crippen LogP contribution in [0, 0.1) is 5.92 Å². The van der Waals surface area contributed by atoms with Gasteiger partial charge >= 0.3 is 0 Å². The Bertz CT molecular complexity index is 1050. The van der Waals surface area contributed by atoms with E-state index in [0.717, 1.165) is 37.9 Å². The van der Waals surface area contributed by atoms with Crippen molar-refractivity contribution in [1.29, 1.82) is 0 Å². The van der Waals surface area contributed by atoms with E-state index >= 15 is 0 Å². The number of fused-ring (bicyclic) bond motifs is 1. The highest BCUT2D eigenvalue weighted by molar-refractivity contribution is 5.82. The molecule has 0 saturated heterocycles. The van der Waals surface area contributed by atoms with Gasteiger partial charge in [0, 0.05) is 24.7 Å². The lowest BCUT2D eigenvalue weighted by Crippen LogP contribution is -2.28. The van der Waals surface area contributed by atoms with Crippen LogP contribution in [0.2, 0.25) is 0 Å². The van der Waals surface area contributed by atoms with Crippen molar-refractivity contribution in [3.63, 3.8) is 0 Å². The first-order chi connectivity index (χ1) is 14.3. The minimum absolute atomic E-state index is 0.706. The van der Waals surface area contributed by atoms with Crippen LogP contribution in [0.1, 0.15) is 37.7 Å². The fraction of sp³-hybridized carbons (Fsp3) is 0.296. The summed E-state index contributed by atoms with van der Waals surface area (Å²) < 4.78 is 0. The molecule has 0 amide bonds. The standard InChI is InChI=1S/C27H28N2/c1-2-8-22(9-3-1)23-13-15-29(16-14-23)20-21-7-6-11-24(17-21)26-18-25-10-4-5-12-27(25)28-19-26/h1-2,4-5,9-15,18-19,21H,3,6-8,16-17,20H2. The molecule has 0 bridgehead atoms. The van der Waals surface area contributed by atoms with E-state index in [9.17, 15) is 0 Å². The maximum atomic E-state index is 4.67. The van der Waals surface area contributed by atoms with Crippen LogP contribution in [0.5, 0.6) is 0 Å². The van der Waals surface area contributed by atoms with Gasteiger partial charge in [0.15, 0.2) is 0 Å². The van der Waals surface area contributed by atoms with Gasteiger partial charge in [-0.15, -0.1) is 0 Å². The lowest BCUT2D eigenvalue weighted by atomic mass is 9.85. The van der Waals surface area contributed by atoms with Gasteiger partial charge in [-0.1, -0.05) is 48.6 Å². The van der Waals surface area contributed by atoms with Crippen LogP contribution in [-0.2, 0) is 0 Å². The molecule has 1 atom stereocenters. The number of benzene rings is 1. The Morgan fingerprint density at radius 2 is 2.00 bits per heavy atom. The van der Waals surface area contributed by atoms with Crippen molar-refractivity contribution in [3.8, 4) is 0 Å². The predicted octanol–water partition coefficient (Wildman–Crippen LogP) is 6.45. The lowest BCUT2D eigenvalue weighted by molar-refractivity contribution is 0.315. The number of nitrogens with zero attached hydrogens (tertiary/aromatic N) is 2. The molecule has 1 aromatic heterocycles. The summed E-state index contributed by atoms with van der Waals surface area (Å²) >= 11 is 0. The van der Waals surface area contributed by atoms with Crippen LogP contribution in [0.4, 0.5) is 0 Å². The van der Waals surface area contributed by atoms with Gasteiger partial charge in [-0.25, -0.2) is 0 Å². The summed E-state index contributed by atoms with van der Waals surface area (Å²) in [5.74, 6) is 0.706. The molecule has 0 spiro atoms. The van der Waals surface area contributed by atoms with E-state index in [1.807, 2.05) is 0 Å². The number of pyridine rings is 1. The minimum atomic E-state index is 0.706. The van der Waals surface area contributed by atoms with Gasteiger partial charge in [0.1, 0.15) is 0 Å². The monoisotopic (exact) mass is 380 g/mol. The Labute approximate surface area is 173 Å². The first-order valence-corrected chi connectivity index (χ1v) is 10.9. The molecule has 2 heterocycles. The Hall–Kier alpha value is -2.87. The highest BCUT2D eigenvalue weighted by atomic mass is 15.1. The van der Waals surface area contributed by atoms with E-state index in [2.05, 4.69) is 89.1 Å². The van der Waals surface area contributed by atoms with Crippen LogP contribution in [0.3, 0.4) is 0 Å². The molecule has 0 saturated carbocycles. The first kappa shape index (κ1) is 18.2. The van der Waals surface area contributed by atoms with Crippen LogP contribution in [0.25, 0.3) is 16.5 Å². The van der Waals surface area contributed by atoms with E-state index in [1.54, 1.807) is 0 Å². The smallest absolute Gasteiger partial charge is 0.0702 e. The maximum absolute atomic E-state index is 4.67. The van der Waals surface area contributed by atoms with Gasteiger partial charge < -0.3 is 4.90 Å². The molecule has 146 valence electrons. The second kappa shape index (κ2) is 8.24. The molecule has 1 aromatic carbocycles. The summed E-state index contributed by atoms with van der Waals surface area (Å²) in [6.45, 7) is 2.16. The molecule has 1 unspecified atom stereocenters. The molecule has 2 aromatic rings. The summed E-state index contributed by atoms with van der Waals surface area (Å²) in [6.07, 6.45) is 24.1. The summed E-state index contributed by atoms with van der Waals surface area (Å²) in [4.78, 5) is 7.15. The number of para-hydroxylation sites is 1. The molecule has 2 heteroatoms.